The molecule has 1 aromatic heterocycles. The summed E-state index contributed by atoms with van der Waals surface area (Å²) in [5, 5.41) is 0. The van der Waals surface area contributed by atoms with E-state index in [0.717, 1.165) is 11.3 Å². The van der Waals surface area contributed by atoms with Gasteiger partial charge in [0.2, 0.25) is 0 Å². The third-order valence-electron chi connectivity index (χ3n) is 1.22. The molecule has 2 nitrogen and oxygen atoms in total. The minimum absolute atomic E-state index is 0.0625. The number of rotatable bonds is 3. The molecule has 0 spiro atoms. The first-order chi connectivity index (χ1) is 5.56. The van der Waals surface area contributed by atoms with Crippen LogP contribution in [0.4, 0.5) is 0 Å². The summed E-state index contributed by atoms with van der Waals surface area (Å²) in [4.78, 5) is 0. The summed E-state index contributed by atoms with van der Waals surface area (Å²) in [6.45, 7) is 0. The van der Waals surface area contributed by atoms with E-state index in [2.05, 4.69) is 12.6 Å². The zero-order valence-corrected chi connectivity index (χ0v) is 9.31. The van der Waals surface area contributed by atoms with Gasteiger partial charge in [-0.25, -0.2) is 8.42 Å². The zero-order chi connectivity index (χ0) is 9.19. The molecule has 0 amide bonds. The molecule has 0 radical (unpaired) electrons. The highest BCUT2D eigenvalue weighted by Gasteiger charge is 2.15. The average molecular weight is 243 g/mol. The molecule has 1 aromatic rings. The van der Waals surface area contributed by atoms with E-state index in [1.165, 1.54) is 6.07 Å². The maximum absolute atomic E-state index is 11.3. The van der Waals surface area contributed by atoms with E-state index in [1.54, 1.807) is 6.07 Å². The zero-order valence-electron chi connectivity index (χ0n) is 6.03. The summed E-state index contributed by atoms with van der Waals surface area (Å²) in [6, 6.07) is 3.10. The second kappa shape index (κ2) is 4.00. The van der Waals surface area contributed by atoms with Crippen molar-refractivity contribution in [3.05, 3.63) is 16.5 Å². The smallest absolute Gasteiger partial charge is 0.188 e. The summed E-state index contributed by atoms with van der Waals surface area (Å²) in [5.74, 6) is 0.394. The highest BCUT2D eigenvalue weighted by atomic mass is 35.5. The Morgan fingerprint density at radius 2 is 2.17 bits per heavy atom. The van der Waals surface area contributed by atoms with E-state index in [4.69, 9.17) is 11.6 Å². The first-order valence-corrected chi connectivity index (χ1v) is 6.63. The quantitative estimate of drug-likeness (QED) is 0.824. The van der Waals surface area contributed by atoms with Gasteiger partial charge in [-0.2, -0.15) is 12.6 Å². The summed E-state index contributed by atoms with van der Waals surface area (Å²) >= 11 is 10.5. The summed E-state index contributed by atoms with van der Waals surface area (Å²) < 4.78 is 23.5. The Balaban J connectivity index is 2.98. The molecule has 1 rings (SSSR count). The average Bonchev–Trinajstić information content (AvgIpc) is 2.36. The molecule has 0 aliphatic heterocycles. The van der Waals surface area contributed by atoms with Crippen molar-refractivity contribution in [2.24, 2.45) is 0 Å². The van der Waals surface area contributed by atoms with Crippen LogP contribution in [0.3, 0.4) is 0 Å². The largest absolute Gasteiger partial charge is 0.223 e. The van der Waals surface area contributed by atoms with Gasteiger partial charge in [-0.1, -0.05) is 11.6 Å². The molecular formula is C6H7ClO2S3. The first-order valence-electron chi connectivity index (χ1n) is 3.15. The predicted octanol–water partition coefficient (Wildman–Crippen LogP) is 2.11. The number of thiol groups is 1. The molecular weight excluding hydrogens is 236 g/mol. The molecule has 0 atom stereocenters. The van der Waals surface area contributed by atoms with Gasteiger partial charge in [0.15, 0.2) is 9.84 Å². The lowest BCUT2D eigenvalue weighted by molar-refractivity contribution is 0.599. The second-order valence-electron chi connectivity index (χ2n) is 2.10. The molecule has 12 heavy (non-hydrogen) atoms. The fraction of sp³-hybridized carbons (Fsp3) is 0.333. The van der Waals surface area contributed by atoms with Crippen LogP contribution in [0.2, 0.25) is 4.34 Å². The molecule has 0 N–H and O–H groups in total. The summed E-state index contributed by atoms with van der Waals surface area (Å²) in [7, 11) is -3.13. The minimum Gasteiger partial charge on any atom is -0.223 e. The van der Waals surface area contributed by atoms with E-state index < -0.39 is 9.84 Å². The topological polar surface area (TPSA) is 34.1 Å². The SMILES string of the molecule is O=S(=O)(CCS)c1ccc(Cl)s1. The van der Waals surface area contributed by atoms with E-state index >= 15 is 0 Å². The van der Waals surface area contributed by atoms with Gasteiger partial charge in [0.1, 0.15) is 4.21 Å². The fourth-order valence-electron chi connectivity index (χ4n) is 0.686. The maximum atomic E-state index is 11.3. The highest BCUT2D eigenvalue weighted by Crippen LogP contribution is 2.26. The third kappa shape index (κ3) is 2.39. The van der Waals surface area contributed by atoms with Crippen LogP contribution in [0.15, 0.2) is 16.3 Å². The van der Waals surface area contributed by atoms with E-state index in [0.29, 0.717) is 14.3 Å². The number of halogens is 1. The fourth-order valence-corrected chi connectivity index (χ4v) is 4.06. The van der Waals surface area contributed by atoms with Crippen molar-refractivity contribution in [1.82, 2.24) is 0 Å². The van der Waals surface area contributed by atoms with Gasteiger partial charge in [0.25, 0.3) is 0 Å². The van der Waals surface area contributed by atoms with Crippen LogP contribution >= 0.6 is 35.6 Å². The van der Waals surface area contributed by atoms with Crippen LogP contribution in [0.1, 0.15) is 0 Å². The third-order valence-corrected chi connectivity index (χ3v) is 5.27. The molecule has 6 heteroatoms. The molecule has 0 aromatic carbocycles. The molecule has 0 saturated heterocycles. The van der Waals surface area contributed by atoms with Gasteiger partial charge >= 0.3 is 0 Å². The molecule has 68 valence electrons. The lowest BCUT2D eigenvalue weighted by Crippen LogP contribution is -2.05. The molecule has 0 saturated carbocycles. The lowest BCUT2D eigenvalue weighted by Gasteiger charge is -1.95. The van der Waals surface area contributed by atoms with E-state index in [-0.39, 0.29) is 5.75 Å². The Kier molecular flexibility index (Phi) is 3.46. The van der Waals surface area contributed by atoms with Gasteiger partial charge < -0.3 is 0 Å². The molecule has 0 unspecified atom stereocenters. The lowest BCUT2D eigenvalue weighted by atomic mass is 10.7. The molecule has 0 aliphatic carbocycles. The normalized spacial score (nSPS) is 11.8. The number of sulfone groups is 1. The van der Waals surface area contributed by atoms with Crippen molar-refractivity contribution in [3.63, 3.8) is 0 Å². The van der Waals surface area contributed by atoms with Crippen molar-refractivity contribution in [2.45, 2.75) is 4.21 Å². The highest BCUT2D eigenvalue weighted by molar-refractivity contribution is 7.94. The van der Waals surface area contributed by atoms with Crippen LogP contribution in [-0.4, -0.2) is 19.9 Å². The van der Waals surface area contributed by atoms with Crippen molar-refractivity contribution < 1.29 is 8.42 Å². The van der Waals surface area contributed by atoms with Crippen LogP contribution in [0, 0.1) is 0 Å². The van der Waals surface area contributed by atoms with Crippen molar-refractivity contribution >= 4 is 45.4 Å². The van der Waals surface area contributed by atoms with E-state index in [1.807, 2.05) is 0 Å². The van der Waals surface area contributed by atoms with Crippen molar-refractivity contribution in [2.75, 3.05) is 11.5 Å². The van der Waals surface area contributed by atoms with Crippen LogP contribution in [0.25, 0.3) is 0 Å². The standard InChI is InChI=1S/C6H7ClO2S3/c7-5-1-2-6(11-5)12(8,9)4-3-10/h1-2,10H,3-4H2. The second-order valence-corrected chi connectivity index (χ2v) is 6.60. The molecule has 0 bridgehead atoms. The monoisotopic (exact) mass is 242 g/mol. The van der Waals surface area contributed by atoms with Gasteiger partial charge in [0.05, 0.1) is 10.1 Å². The number of hydrogen-bond acceptors (Lipinski definition) is 4. The Hall–Kier alpha value is 0.290. The van der Waals surface area contributed by atoms with Crippen molar-refractivity contribution in [3.8, 4) is 0 Å². The van der Waals surface area contributed by atoms with Crippen molar-refractivity contribution in [1.29, 1.82) is 0 Å². The van der Waals surface area contributed by atoms with Gasteiger partial charge in [-0.15, -0.1) is 11.3 Å². The minimum atomic E-state index is -3.13. The Morgan fingerprint density at radius 3 is 2.58 bits per heavy atom. The Morgan fingerprint density at radius 1 is 1.50 bits per heavy atom. The number of hydrogen-bond donors (Lipinski definition) is 1. The number of thiophene rings is 1. The maximum Gasteiger partial charge on any atom is 0.188 e. The molecule has 0 fully saturated rings. The predicted molar refractivity (Wildman–Crippen MR) is 55.2 cm³/mol. The van der Waals surface area contributed by atoms with Crippen LogP contribution < -0.4 is 0 Å². The molecule has 0 aliphatic rings. The summed E-state index contributed by atoms with van der Waals surface area (Å²) in [6.07, 6.45) is 0. The van der Waals surface area contributed by atoms with Gasteiger partial charge in [0, 0.05) is 5.75 Å². The molecule has 1 heterocycles. The van der Waals surface area contributed by atoms with Crippen LogP contribution in [-0.2, 0) is 9.84 Å². The van der Waals surface area contributed by atoms with Gasteiger partial charge in [-0.05, 0) is 12.1 Å². The summed E-state index contributed by atoms with van der Waals surface area (Å²) in [5.41, 5.74) is 0. The van der Waals surface area contributed by atoms with Crippen LogP contribution in [0.5, 0.6) is 0 Å². The Labute approximate surface area is 85.9 Å². The van der Waals surface area contributed by atoms with Gasteiger partial charge in [-0.3, -0.25) is 0 Å². The van der Waals surface area contributed by atoms with E-state index in [9.17, 15) is 8.42 Å². The first kappa shape index (κ1) is 10.4. The Bertz CT molecular complexity index is 355.